The molecule has 2 heterocycles. The first-order valence-corrected chi connectivity index (χ1v) is 26.2. The number of rotatable bonds is 9. The van der Waals surface area contributed by atoms with Gasteiger partial charge in [0.25, 0.3) is 0 Å². The summed E-state index contributed by atoms with van der Waals surface area (Å²) in [5, 5.41) is 1.97. The highest BCUT2D eigenvalue weighted by Gasteiger charge is 2.25. The number of fused-ring (bicyclic) bond motifs is 6. The zero-order valence-corrected chi connectivity index (χ0v) is 41.6. The van der Waals surface area contributed by atoms with Gasteiger partial charge in [-0.2, -0.15) is 0 Å². The van der Waals surface area contributed by atoms with E-state index >= 15 is 0 Å². The molecular formula is C72H49N3O. The summed E-state index contributed by atoms with van der Waals surface area (Å²) in [6.45, 7) is 0. The van der Waals surface area contributed by atoms with Crippen molar-refractivity contribution in [2.75, 3.05) is 0 Å². The molecule has 1 aliphatic rings. The maximum absolute atomic E-state index is 6.69. The van der Waals surface area contributed by atoms with Crippen LogP contribution in [-0.2, 0) is 6.42 Å². The van der Waals surface area contributed by atoms with Crippen molar-refractivity contribution in [2.24, 2.45) is 0 Å². The Morgan fingerprint density at radius 2 is 0.776 bits per heavy atom. The molecule has 14 rings (SSSR count). The molecule has 2 aromatic heterocycles. The summed E-state index contributed by atoms with van der Waals surface area (Å²) in [7, 11) is 0. The summed E-state index contributed by atoms with van der Waals surface area (Å²) in [5.74, 6) is 2.04. The third kappa shape index (κ3) is 8.46. The number of nitrogens with zero attached hydrogens (tertiary/aromatic N) is 3. The molecule has 1 atom stereocenters. The Bertz CT molecular complexity index is 4180. The first-order valence-electron chi connectivity index (χ1n) is 26.2. The van der Waals surface area contributed by atoms with Gasteiger partial charge in [0.1, 0.15) is 11.2 Å². The molecular weight excluding hydrogens is 923 g/mol. The molecule has 0 bridgehead atoms. The lowest BCUT2D eigenvalue weighted by molar-refractivity contribution is 0.669. The van der Waals surface area contributed by atoms with Crippen LogP contribution in [0.25, 0.3) is 123 Å². The molecule has 0 saturated heterocycles. The number of furan rings is 1. The second kappa shape index (κ2) is 19.3. The van der Waals surface area contributed by atoms with Gasteiger partial charge in [-0.25, -0.2) is 15.0 Å². The number of benzene rings is 11. The van der Waals surface area contributed by atoms with E-state index in [9.17, 15) is 0 Å². The van der Waals surface area contributed by atoms with Crippen LogP contribution in [0.1, 0.15) is 29.0 Å². The molecule has 13 aromatic rings. The predicted molar refractivity (Wildman–Crippen MR) is 313 cm³/mol. The lowest BCUT2D eigenvalue weighted by Crippen LogP contribution is -2.02. The molecule has 0 N–H and O–H groups in total. The van der Waals surface area contributed by atoms with E-state index in [1.807, 2.05) is 30.3 Å². The van der Waals surface area contributed by atoms with Crippen LogP contribution in [0.15, 0.2) is 271 Å². The van der Waals surface area contributed by atoms with E-state index in [0.717, 1.165) is 96.0 Å². The maximum Gasteiger partial charge on any atom is 0.164 e. The Kier molecular flexibility index (Phi) is 11.4. The lowest BCUT2D eigenvalue weighted by atomic mass is 9.84. The van der Waals surface area contributed by atoms with Crippen LogP contribution in [-0.4, -0.2) is 15.0 Å². The molecule has 76 heavy (non-hydrogen) atoms. The number of hydrogen-bond acceptors (Lipinski definition) is 4. The fourth-order valence-electron chi connectivity index (χ4n) is 11.4. The highest BCUT2D eigenvalue weighted by atomic mass is 16.3. The minimum absolute atomic E-state index is 0.303. The summed E-state index contributed by atoms with van der Waals surface area (Å²) >= 11 is 0. The predicted octanol–water partition coefficient (Wildman–Crippen LogP) is 18.9. The first-order chi connectivity index (χ1) is 37.6. The second-order valence-electron chi connectivity index (χ2n) is 19.8. The van der Waals surface area contributed by atoms with Crippen LogP contribution in [0.2, 0.25) is 0 Å². The van der Waals surface area contributed by atoms with Gasteiger partial charge in [0.15, 0.2) is 17.5 Å². The van der Waals surface area contributed by atoms with Gasteiger partial charge in [0, 0.05) is 33.4 Å². The standard InChI is InChI=1S/C72H49N3O/c1-5-18-47(19-6-1)52-27-15-29-54(40-52)58-42-59(55-30-16-28-53(41-55)48-20-7-2-8-21-48)44-60(43-58)71-73-70(51-25-11-4-12-26-51)74-72(75-71)64-32-17-33-68-69(64)66-46-57(36-39-67(66)76-68)56-35-38-63-62(49-22-9-3-10-23-49)37-34-50-24-13-14-31-61(50)65(63)45-56/h1-33,35-36,38-46,62H,34,37H2. The SMILES string of the molecule is c1ccc(-c2cccc(-c3cc(-c4cccc(-c5ccccc5)c4)cc(-c4nc(-c5ccccc5)nc(-c5cccc6oc7ccc(-c8ccc9c(c8)-c8ccccc8CCC9c8ccccc8)cc7c56)n4)c3)c2)cc1. The van der Waals surface area contributed by atoms with Crippen molar-refractivity contribution in [2.45, 2.75) is 18.8 Å². The average Bonchev–Trinajstić information content (AvgIpc) is 3.84. The lowest BCUT2D eigenvalue weighted by Gasteiger charge is -2.19. The van der Waals surface area contributed by atoms with Crippen LogP contribution >= 0.6 is 0 Å². The fourth-order valence-corrected chi connectivity index (χ4v) is 11.4. The van der Waals surface area contributed by atoms with E-state index < -0.39 is 0 Å². The first kappa shape index (κ1) is 44.9. The van der Waals surface area contributed by atoms with Gasteiger partial charge in [-0.1, -0.05) is 212 Å². The molecule has 0 radical (unpaired) electrons. The highest BCUT2D eigenvalue weighted by molar-refractivity contribution is 6.13. The molecule has 11 aromatic carbocycles. The summed E-state index contributed by atoms with van der Waals surface area (Å²) in [5.41, 5.74) is 22.2. The smallest absolute Gasteiger partial charge is 0.164 e. The van der Waals surface area contributed by atoms with Gasteiger partial charge < -0.3 is 4.42 Å². The Morgan fingerprint density at radius 3 is 1.45 bits per heavy atom. The normalized spacial score (nSPS) is 13.0. The fraction of sp³-hybridized carbons (Fsp3) is 0.0417. The summed E-state index contributed by atoms with van der Waals surface area (Å²) < 4.78 is 6.69. The van der Waals surface area contributed by atoms with Gasteiger partial charge in [0.2, 0.25) is 0 Å². The summed E-state index contributed by atoms with van der Waals surface area (Å²) in [4.78, 5) is 16.1. The van der Waals surface area contributed by atoms with Crippen molar-refractivity contribution in [1.29, 1.82) is 0 Å². The molecule has 0 saturated carbocycles. The zero-order valence-electron chi connectivity index (χ0n) is 41.6. The van der Waals surface area contributed by atoms with Crippen molar-refractivity contribution < 1.29 is 4.42 Å². The van der Waals surface area contributed by atoms with Gasteiger partial charge in [-0.15, -0.1) is 0 Å². The third-order valence-electron chi connectivity index (χ3n) is 15.2. The number of hydrogen-bond donors (Lipinski definition) is 0. The van der Waals surface area contributed by atoms with Crippen molar-refractivity contribution in [3.05, 3.63) is 284 Å². The largest absolute Gasteiger partial charge is 0.456 e. The Balaban J connectivity index is 0.935. The van der Waals surface area contributed by atoms with Crippen LogP contribution in [0.5, 0.6) is 0 Å². The van der Waals surface area contributed by atoms with E-state index in [1.54, 1.807) is 0 Å². The monoisotopic (exact) mass is 971 g/mol. The zero-order chi connectivity index (χ0) is 50.4. The van der Waals surface area contributed by atoms with E-state index in [2.05, 4.69) is 237 Å². The van der Waals surface area contributed by atoms with E-state index in [1.165, 1.54) is 38.9 Å². The van der Waals surface area contributed by atoms with E-state index in [0.29, 0.717) is 23.4 Å². The molecule has 0 amide bonds. The Hall–Kier alpha value is -9.77. The number of aromatic nitrogens is 3. The molecule has 358 valence electrons. The van der Waals surface area contributed by atoms with Gasteiger partial charge in [0.05, 0.1) is 0 Å². The molecule has 4 heteroatoms. The molecule has 4 nitrogen and oxygen atoms in total. The van der Waals surface area contributed by atoms with Gasteiger partial charge in [-0.05, 0) is 151 Å². The summed E-state index contributed by atoms with van der Waals surface area (Å²) in [6, 6.07) is 95.4. The quantitative estimate of drug-likeness (QED) is 0.145. The van der Waals surface area contributed by atoms with Crippen LogP contribution in [0, 0.1) is 0 Å². The third-order valence-corrected chi connectivity index (χ3v) is 15.2. The molecule has 0 aliphatic heterocycles. The molecule has 1 unspecified atom stereocenters. The summed E-state index contributed by atoms with van der Waals surface area (Å²) in [6.07, 6.45) is 2.09. The molecule has 0 fully saturated rings. The highest BCUT2D eigenvalue weighted by Crippen LogP contribution is 2.45. The van der Waals surface area contributed by atoms with Crippen molar-refractivity contribution in [3.63, 3.8) is 0 Å². The second-order valence-corrected chi connectivity index (χ2v) is 19.8. The topological polar surface area (TPSA) is 51.8 Å². The molecule has 0 spiro atoms. The molecule has 1 aliphatic carbocycles. The van der Waals surface area contributed by atoms with E-state index in [4.69, 9.17) is 19.4 Å². The van der Waals surface area contributed by atoms with E-state index in [-0.39, 0.29) is 0 Å². The van der Waals surface area contributed by atoms with Crippen LogP contribution < -0.4 is 0 Å². The van der Waals surface area contributed by atoms with Crippen molar-refractivity contribution in [3.8, 4) is 101 Å². The Morgan fingerprint density at radius 1 is 0.303 bits per heavy atom. The van der Waals surface area contributed by atoms with Crippen molar-refractivity contribution >= 4 is 21.9 Å². The average molecular weight is 972 g/mol. The number of aryl methyl sites for hydroxylation is 1. The van der Waals surface area contributed by atoms with Gasteiger partial charge >= 0.3 is 0 Å². The minimum atomic E-state index is 0.303. The van der Waals surface area contributed by atoms with Crippen LogP contribution in [0.3, 0.4) is 0 Å². The van der Waals surface area contributed by atoms with Crippen molar-refractivity contribution in [1.82, 2.24) is 15.0 Å². The maximum atomic E-state index is 6.69. The Labute approximate surface area is 442 Å². The minimum Gasteiger partial charge on any atom is -0.456 e. The van der Waals surface area contributed by atoms with Gasteiger partial charge in [-0.3, -0.25) is 0 Å². The van der Waals surface area contributed by atoms with Crippen LogP contribution in [0.4, 0.5) is 0 Å².